The molecule has 3 amide bonds. The Hall–Kier alpha value is -3.57. The van der Waals surface area contributed by atoms with E-state index in [0.717, 1.165) is 5.56 Å². The molecule has 11 heteroatoms. The maximum atomic E-state index is 13.2. The van der Waals surface area contributed by atoms with Gasteiger partial charge < -0.3 is 31.9 Å². The fraction of sp³-hybridized carbons (Fsp3) is 0.385. The standard InChI is InChI=1S/C26H34N4O6S/c1-16(28-24(33)20(27)12-13-37-2)23(32)29-21(14-18-8-10-19(31)11-9-18)25(34)30-22(26(35)36)15-17-6-4-3-5-7-17/h3-11,16,20-22,31H,12-15,27H2,1-2H3,(H,28,33)(H,29,32)(H,30,34)(H,35,36). The summed E-state index contributed by atoms with van der Waals surface area (Å²) in [4.78, 5) is 50.2. The number of phenols is 1. The van der Waals surface area contributed by atoms with Gasteiger partial charge in [0.1, 0.15) is 23.9 Å². The van der Waals surface area contributed by atoms with Crippen molar-refractivity contribution in [1.29, 1.82) is 0 Å². The van der Waals surface area contributed by atoms with E-state index in [-0.39, 0.29) is 18.6 Å². The van der Waals surface area contributed by atoms with Crippen LogP contribution in [0, 0.1) is 0 Å². The Morgan fingerprint density at radius 1 is 0.838 bits per heavy atom. The number of carboxylic acid groups (broad SMARTS) is 1. The van der Waals surface area contributed by atoms with Crippen molar-refractivity contribution >= 4 is 35.5 Å². The van der Waals surface area contributed by atoms with Crippen molar-refractivity contribution in [2.24, 2.45) is 5.73 Å². The summed E-state index contributed by atoms with van der Waals surface area (Å²) in [6, 6.07) is 10.8. The third-order valence-corrected chi connectivity index (χ3v) is 6.27. The van der Waals surface area contributed by atoms with Crippen molar-refractivity contribution in [2.45, 2.75) is 50.4 Å². The van der Waals surface area contributed by atoms with Crippen molar-refractivity contribution in [1.82, 2.24) is 16.0 Å². The number of thioether (sulfide) groups is 1. The number of benzene rings is 2. The first-order chi connectivity index (χ1) is 17.6. The van der Waals surface area contributed by atoms with E-state index < -0.39 is 47.9 Å². The van der Waals surface area contributed by atoms with Crippen LogP contribution in [0.5, 0.6) is 5.75 Å². The molecule has 200 valence electrons. The number of aliphatic carboxylic acids is 1. The molecule has 37 heavy (non-hydrogen) atoms. The third kappa shape index (κ3) is 10.1. The highest BCUT2D eigenvalue weighted by atomic mass is 32.2. The zero-order valence-electron chi connectivity index (χ0n) is 20.8. The van der Waals surface area contributed by atoms with E-state index in [2.05, 4.69) is 16.0 Å². The number of carboxylic acids is 1. The number of nitrogens with two attached hydrogens (primary N) is 1. The second-order valence-electron chi connectivity index (χ2n) is 8.64. The van der Waals surface area contributed by atoms with E-state index in [0.29, 0.717) is 17.7 Å². The molecule has 4 unspecified atom stereocenters. The molecule has 0 radical (unpaired) electrons. The van der Waals surface area contributed by atoms with Gasteiger partial charge in [-0.1, -0.05) is 42.5 Å². The summed E-state index contributed by atoms with van der Waals surface area (Å²) in [5.74, 6) is -2.29. The summed E-state index contributed by atoms with van der Waals surface area (Å²) in [7, 11) is 0. The summed E-state index contributed by atoms with van der Waals surface area (Å²) in [5, 5.41) is 26.9. The summed E-state index contributed by atoms with van der Waals surface area (Å²) in [6.45, 7) is 1.47. The Labute approximate surface area is 220 Å². The van der Waals surface area contributed by atoms with Gasteiger partial charge in [-0.25, -0.2) is 4.79 Å². The lowest BCUT2D eigenvalue weighted by molar-refractivity contribution is -0.142. The second kappa shape index (κ2) is 14.9. The smallest absolute Gasteiger partial charge is 0.326 e. The van der Waals surface area contributed by atoms with E-state index in [1.54, 1.807) is 54.2 Å². The number of amides is 3. The molecule has 0 spiro atoms. The lowest BCUT2D eigenvalue weighted by Gasteiger charge is -2.24. The zero-order valence-corrected chi connectivity index (χ0v) is 21.7. The van der Waals surface area contributed by atoms with Crippen LogP contribution in [0.2, 0.25) is 0 Å². The molecule has 2 aromatic rings. The monoisotopic (exact) mass is 530 g/mol. The molecule has 7 N–H and O–H groups in total. The lowest BCUT2D eigenvalue weighted by atomic mass is 10.0. The molecule has 0 saturated heterocycles. The Balaban J connectivity index is 2.14. The van der Waals surface area contributed by atoms with Gasteiger partial charge in [0.2, 0.25) is 17.7 Å². The highest BCUT2D eigenvalue weighted by Gasteiger charge is 2.29. The van der Waals surface area contributed by atoms with Gasteiger partial charge >= 0.3 is 5.97 Å². The van der Waals surface area contributed by atoms with Crippen LogP contribution in [0.25, 0.3) is 0 Å². The Bertz CT molecular complexity index is 1050. The third-order valence-electron chi connectivity index (χ3n) is 5.63. The molecule has 2 rings (SSSR count). The molecule has 0 aliphatic carbocycles. The van der Waals surface area contributed by atoms with Gasteiger partial charge in [0.15, 0.2) is 0 Å². The van der Waals surface area contributed by atoms with Gasteiger partial charge in [0.05, 0.1) is 6.04 Å². The molecule has 2 aromatic carbocycles. The molecule has 0 aliphatic rings. The maximum Gasteiger partial charge on any atom is 0.326 e. The largest absolute Gasteiger partial charge is 0.508 e. The minimum absolute atomic E-state index is 0.0312. The molecule has 0 fully saturated rings. The lowest BCUT2D eigenvalue weighted by Crippen LogP contribution is -2.57. The van der Waals surface area contributed by atoms with Crippen molar-refractivity contribution < 1.29 is 29.4 Å². The second-order valence-corrected chi connectivity index (χ2v) is 9.62. The molecular formula is C26H34N4O6S. The van der Waals surface area contributed by atoms with E-state index >= 15 is 0 Å². The molecule has 0 bridgehead atoms. The van der Waals surface area contributed by atoms with Gasteiger partial charge in [-0.2, -0.15) is 11.8 Å². The van der Waals surface area contributed by atoms with Crippen LogP contribution in [-0.2, 0) is 32.0 Å². The summed E-state index contributed by atoms with van der Waals surface area (Å²) < 4.78 is 0. The van der Waals surface area contributed by atoms with Crippen molar-refractivity contribution in [3.8, 4) is 5.75 Å². The maximum absolute atomic E-state index is 13.2. The first-order valence-corrected chi connectivity index (χ1v) is 13.2. The van der Waals surface area contributed by atoms with Crippen LogP contribution >= 0.6 is 11.8 Å². The van der Waals surface area contributed by atoms with Gasteiger partial charge in [0.25, 0.3) is 0 Å². The number of rotatable bonds is 14. The van der Waals surface area contributed by atoms with Gasteiger partial charge in [0, 0.05) is 12.8 Å². The summed E-state index contributed by atoms with van der Waals surface area (Å²) >= 11 is 1.55. The molecule has 0 aliphatic heterocycles. The average Bonchev–Trinajstić information content (AvgIpc) is 2.87. The quantitative estimate of drug-likeness (QED) is 0.208. The van der Waals surface area contributed by atoms with Crippen molar-refractivity contribution in [3.63, 3.8) is 0 Å². The van der Waals surface area contributed by atoms with Crippen LogP contribution in [0.15, 0.2) is 54.6 Å². The predicted octanol–water partition coefficient (Wildman–Crippen LogP) is 0.817. The van der Waals surface area contributed by atoms with Crippen LogP contribution in [0.4, 0.5) is 0 Å². The molecular weight excluding hydrogens is 496 g/mol. The van der Waals surface area contributed by atoms with Crippen molar-refractivity contribution in [2.75, 3.05) is 12.0 Å². The number of nitrogens with one attached hydrogen (secondary N) is 3. The fourth-order valence-corrected chi connectivity index (χ4v) is 3.95. The van der Waals surface area contributed by atoms with Crippen LogP contribution in [-0.4, -0.2) is 70.1 Å². The van der Waals surface area contributed by atoms with Crippen molar-refractivity contribution in [3.05, 3.63) is 65.7 Å². The van der Waals surface area contributed by atoms with Gasteiger partial charge in [-0.15, -0.1) is 0 Å². The molecule has 0 heterocycles. The van der Waals surface area contributed by atoms with Crippen LogP contribution < -0.4 is 21.7 Å². The number of hydrogen-bond donors (Lipinski definition) is 6. The number of hydrogen-bond acceptors (Lipinski definition) is 7. The number of carbonyl (C=O) groups is 4. The van der Waals surface area contributed by atoms with Gasteiger partial charge in [-0.05, 0) is 48.6 Å². The Morgan fingerprint density at radius 3 is 2.00 bits per heavy atom. The van der Waals surface area contributed by atoms with E-state index in [1.165, 1.54) is 19.1 Å². The number of phenolic OH excluding ortho intramolecular Hbond substituents is 1. The number of carbonyl (C=O) groups excluding carboxylic acids is 3. The summed E-state index contributed by atoms with van der Waals surface area (Å²) in [5.41, 5.74) is 7.22. The first-order valence-electron chi connectivity index (χ1n) is 11.8. The molecule has 4 atom stereocenters. The first kappa shape index (κ1) is 29.7. The minimum Gasteiger partial charge on any atom is -0.508 e. The Morgan fingerprint density at radius 2 is 1.41 bits per heavy atom. The summed E-state index contributed by atoms with van der Waals surface area (Å²) in [6.07, 6.45) is 2.44. The highest BCUT2D eigenvalue weighted by molar-refractivity contribution is 7.98. The van der Waals surface area contributed by atoms with Crippen LogP contribution in [0.1, 0.15) is 24.5 Å². The van der Waals surface area contributed by atoms with Gasteiger partial charge in [-0.3, -0.25) is 14.4 Å². The highest BCUT2D eigenvalue weighted by Crippen LogP contribution is 2.12. The minimum atomic E-state index is -1.22. The van der Waals surface area contributed by atoms with Crippen LogP contribution in [0.3, 0.4) is 0 Å². The molecule has 0 saturated carbocycles. The van der Waals surface area contributed by atoms with E-state index in [9.17, 15) is 29.4 Å². The van der Waals surface area contributed by atoms with E-state index in [4.69, 9.17) is 5.73 Å². The topological polar surface area (TPSA) is 171 Å². The zero-order chi connectivity index (χ0) is 27.4. The Kier molecular flexibility index (Phi) is 11.9. The predicted molar refractivity (Wildman–Crippen MR) is 142 cm³/mol. The average molecular weight is 531 g/mol. The molecule has 0 aromatic heterocycles. The number of aromatic hydroxyl groups is 1. The fourth-order valence-electron chi connectivity index (χ4n) is 3.46. The SMILES string of the molecule is CSCCC(N)C(=O)NC(C)C(=O)NC(Cc1ccc(O)cc1)C(=O)NC(Cc1ccccc1)C(=O)O. The van der Waals surface area contributed by atoms with E-state index in [1.807, 2.05) is 6.26 Å². The molecule has 10 nitrogen and oxygen atoms in total. The normalized spacial score (nSPS) is 14.0.